The molecule has 2 aromatic rings. The van der Waals surface area contributed by atoms with Gasteiger partial charge in [0.15, 0.2) is 0 Å². The first-order chi connectivity index (χ1) is 13.7. The van der Waals surface area contributed by atoms with E-state index in [4.69, 9.17) is 11.6 Å². The number of hydrogen-bond donors (Lipinski definition) is 0. The van der Waals surface area contributed by atoms with Crippen molar-refractivity contribution in [1.29, 1.82) is 0 Å². The van der Waals surface area contributed by atoms with Crippen molar-refractivity contribution < 1.29 is 18.0 Å². The number of halogens is 4. The van der Waals surface area contributed by atoms with Crippen LogP contribution in [0.4, 0.5) is 19.0 Å². The van der Waals surface area contributed by atoms with E-state index in [0.29, 0.717) is 38.3 Å². The van der Waals surface area contributed by atoms with Crippen LogP contribution in [0.25, 0.3) is 0 Å². The number of alkyl halides is 3. The predicted molar refractivity (Wildman–Crippen MR) is 107 cm³/mol. The van der Waals surface area contributed by atoms with E-state index in [1.165, 1.54) is 0 Å². The first-order valence-corrected chi connectivity index (χ1v) is 9.82. The second-order valence-corrected chi connectivity index (χ2v) is 7.82. The van der Waals surface area contributed by atoms with E-state index in [9.17, 15) is 18.0 Å². The van der Waals surface area contributed by atoms with E-state index in [0.717, 1.165) is 23.4 Å². The maximum absolute atomic E-state index is 12.8. The minimum atomic E-state index is -4.48. The van der Waals surface area contributed by atoms with E-state index < -0.39 is 11.7 Å². The standard InChI is InChI=1S/C21H23ClF3N3O/c1-14-5-3-4-6-16(14)13-27(2)20(29)15-7-9-28(10-8-15)19-18(22)11-17(12-26-19)21(23,24)25/h3-6,11-12,15H,7-10,13H2,1-2H3. The summed E-state index contributed by atoms with van der Waals surface area (Å²) in [6.07, 6.45) is -2.46. The van der Waals surface area contributed by atoms with Gasteiger partial charge >= 0.3 is 6.18 Å². The fourth-order valence-corrected chi connectivity index (χ4v) is 3.88. The lowest BCUT2D eigenvalue weighted by Gasteiger charge is -2.34. The highest BCUT2D eigenvalue weighted by Gasteiger charge is 2.33. The van der Waals surface area contributed by atoms with E-state index in [1.807, 2.05) is 36.1 Å². The van der Waals surface area contributed by atoms with Gasteiger partial charge in [0, 0.05) is 38.8 Å². The molecule has 8 heteroatoms. The van der Waals surface area contributed by atoms with E-state index in [1.54, 1.807) is 11.9 Å². The predicted octanol–water partition coefficient (Wildman–Crippen LogP) is 4.94. The smallest absolute Gasteiger partial charge is 0.355 e. The summed E-state index contributed by atoms with van der Waals surface area (Å²) in [5.74, 6) is 0.298. The van der Waals surface area contributed by atoms with Gasteiger partial charge in [-0.05, 0) is 37.0 Å². The number of carbonyl (C=O) groups excluding carboxylic acids is 1. The summed E-state index contributed by atoms with van der Waals surface area (Å²) < 4.78 is 38.4. The molecule has 1 fully saturated rings. The van der Waals surface area contributed by atoms with Gasteiger partial charge in [-0.1, -0.05) is 35.9 Å². The molecular weight excluding hydrogens is 403 g/mol. The number of aromatic nitrogens is 1. The zero-order chi connectivity index (χ0) is 21.2. The normalized spacial score (nSPS) is 15.4. The van der Waals surface area contributed by atoms with E-state index in [-0.39, 0.29) is 16.8 Å². The summed E-state index contributed by atoms with van der Waals surface area (Å²) in [5.41, 5.74) is 1.39. The molecule has 3 rings (SSSR count). The minimum absolute atomic E-state index is 0.0266. The Morgan fingerprint density at radius 2 is 1.93 bits per heavy atom. The second-order valence-electron chi connectivity index (χ2n) is 7.41. The van der Waals surface area contributed by atoms with Crippen LogP contribution in [0.1, 0.15) is 29.5 Å². The van der Waals surface area contributed by atoms with Gasteiger partial charge in [-0.3, -0.25) is 4.79 Å². The summed E-state index contributed by atoms with van der Waals surface area (Å²) >= 11 is 6.04. The molecule has 0 aliphatic carbocycles. The third-order valence-electron chi connectivity index (χ3n) is 5.34. The lowest BCUT2D eigenvalue weighted by atomic mass is 9.95. The molecule has 1 saturated heterocycles. The van der Waals surface area contributed by atoms with Crippen LogP contribution in [-0.2, 0) is 17.5 Å². The Morgan fingerprint density at radius 3 is 2.52 bits per heavy atom. The fraction of sp³-hybridized carbons (Fsp3) is 0.429. The molecule has 156 valence electrons. The lowest BCUT2D eigenvalue weighted by molar-refractivity contribution is -0.138. The Labute approximate surface area is 173 Å². The van der Waals surface area contributed by atoms with Crippen molar-refractivity contribution in [3.63, 3.8) is 0 Å². The van der Waals surface area contributed by atoms with Crippen LogP contribution in [0.3, 0.4) is 0 Å². The molecule has 1 amide bonds. The van der Waals surface area contributed by atoms with Crippen molar-refractivity contribution in [2.45, 2.75) is 32.5 Å². The molecule has 0 spiro atoms. The molecule has 1 aliphatic heterocycles. The Bertz CT molecular complexity index is 880. The molecule has 4 nitrogen and oxygen atoms in total. The Hall–Kier alpha value is -2.28. The fourth-order valence-electron chi connectivity index (χ4n) is 3.59. The quantitative estimate of drug-likeness (QED) is 0.696. The zero-order valence-corrected chi connectivity index (χ0v) is 17.1. The molecule has 0 N–H and O–H groups in total. The maximum Gasteiger partial charge on any atom is 0.417 e. The second kappa shape index (κ2) is 8.61. The number of pyridine rings is 1. The van der Waals surface area contributed by atoms with Crippen molar-refractivity contribution in [1.82, 2.24) is 9.88 Å². The number of aryl methyl sites for hydroxylation is 1. The summed E-state index contributed by atoms with van der Waals surface area (Å²) in [7, 11) is 1.80. The SMILES string of the molecule is Cc1ccccc1CN(C)C(=O)C1CCN(c2ncc(C(F)(F)F)cc2Cl)CC1. The van der Waals surface area contributed by atoms with Crippen molar-refractivity contribution >= 4 is 23.3 Å². The molecular formula is C21H23ClF3N3O. The average molecular weight is 426 g/mol. The molecule has 0 bridgehead atoms. The number of piperidine rings is 1. The molecule has 1 aromatic carbocycles. The first kappa shape index (κ1) is 21.4. The summed E-state index contributed by atoms with van der Waals surface area (Å²) in [6, 6.07) is 8.86. The summed E-state index contributed by atoms with van der Waals surface area (Å²) in [6.45, 7) is 3.62. The molecule has 0 unspecified atom stereocenters. The number of carbonyl (C=O) groups is 1. The Kier molecular flexibility index (Phi) is 6.36. The summed E-state index contributed by atoms with van der Waals surface area (Å²) in [5, 5.41) is -0.0266. The summed E-state index contributed by atoms with van der Waals surface area (Å²) in [4.78, 5) is 20.3. The largest absolute Gasteiger partial charge is 0.417 e. The third-order valence-corrected chi connectivity index (χ3v) is 5.62. The van der Waals surface area contributed by atoms with Crippen molar-refractivity contribution in [3.05, 3.63) is 58.2 Å². The van der Waals surface area contributed by atoms with E-state index in [2.05, 4.69) is 4.98 Å². The lowest BCUT2D eigenvalue weighted by Crippen LogP contribution is -2.41. The van der Waals surface area contributed by atoms with Gasteiger partial charge < -0.3 is 9.80 Å². The van der Waals surface area contributed by atoms with E-state index >= 15 is 0 Å². The van der Waals surface area contributed by atoms with Crippen molar-refractivity contribution in [3.8, 4) is 0 Å². The van der Waals surface area contributed by atoms with Crippen LogP contribution < -0.4 is 4.90 Å². The highest BCUT2D eigenvalue weighted by Crippen LogP contribution is 2.34. The van der Waals surface area contributed by atoms with Gasteiger partial charge in [0.25, 0.3) is 0 Å². The highest BCUT2D eigenvalue weighted by molar-refractivity contribution is 6.33. The number of hydrogen-bond acceptors (Lipinski definition) is 3. The van der Waals surface area contributed by atoms with Crippen LogP contribution in [0, 0.1) is 12.8 Å². The molecule has 1 aliphatic rings. The number of rotatable bonds is 4. The van der Waals surface area contributed by atoms with Crippen LogP contribution >= 0.6 is 11.6 Å². The Balaban J connectivity index is 1.60. The monoisotopic (exact) mass is 425 g/mol. The topological polar surface area (TPSA) is 36.4 Å². The van der Waals surface area contributed by atoms with Crippen LogP contribution in [0.15, 0.2) is 36.5 Å². The van der Waals surface area contributed by atoms with Crippen molar-refractivity contribution in [2.75, 3.05) is 25.0 Å². The van der Waals surface area contributed by atoms with Crippen LogP contribution in [-0.4, -0.2) is 35.9 Å². The highest BCUT2D eigenvalue weighted by atomic mass is 35.5. The Morgan fingerprint density at radius 1 is 1.28 bits per heavy atom. The zero-order valence-electron chi connectivity index (χ0n) is 16.3. The van der Waals surface area contributed by atoms with Gasteiger partial charge in [-0.15, -0.1) is 0 Å². The molecule has 1 aromatic heterocycles. The van der Waals surface area contributed by atoms with Gasteiger partial charge in [0.1, 0.15) is 5.82 Å². The molecule has 0 atom stereocenters. The molecule has 0 radical (unpaired) electrons. The van der Waals surface area contributed by atoms with Gasteiger partial charge in [0.05, 0.1) is 10.6 Å². The van der Waals surface area contributed by atoms with Gasteiger partial charge in [0.2, 0.25) is 5.91 Å². The molecule has 2 heterocycles. The number of benzene rings is 1. The van der Waals surface area contributed by atoms with Gasteiger partial charge in [-0.25, -0.2) is 4.98 Å². The number of nitrogens with zero attached hydrogens (tertiary/aromatic N) is 3. The third kappa shape index (κ3) is 5.01. The molecule has 0 saturated carbocycles. The van der Waals surface area contributed by atoms with Crippen LogP contribution in [0.2, 0.25) is 5.02 Å². The number of anilines is 1. The minimum Gasteiger partial charge on any atom is -0.355 e. The molecule has 29 heavy (non-hydrogen) atoms. The first-order valence-electron chi connectivity index (χ1n) is 9.44. The van der Waals surface area contributed by atoms with Gasteiger partial charge in [-0.2, -0.15) is 13.2 Å². The maximum atomic E-state index is 12.8. The van der Waals surface area contributed by atoms with Crippen molar-refractivity contribution in [2.24, 2.45) is 5.92 Å². The average Bonchev–Trinajstić information content (AvgIpc) is 2.68. The van der Waals surface area contributed by atoms with Crippen LogP contribution in [0.5, 0.6) is 0 Å². The number of amides is 1.